The van der Waals surface area contributed by atoms with Crippen molar-refractivity contribution in [2.45, 2.75) is 40.5 Å². The molecule has 0 saturated carbocycles. The van der Waals surface area contributed by atoms with Crippen molar-refractivity contribution >= 4 is 22.9 Å². The summed E-state index contributed by atoms with van der Waals surface area (Å²) in [4.78, 5) is 26.4. The van der Waals surface area contributed by atoms with E-state index in [1.54, 1.807) is 0 Å². The van der Waals surface area contributed by atoms with Crippen molar-refractivity contribution in [3.05, 3.63) is 45.5 Å². The van der Waals surface area contributed by atoms with Crippen LogP contribution in [0.25, 0.3) is 0 Å². The van der Waals surface area contributed by atoms with Crippen LogP contribution >= 0.6 is 0 Å². The van der Waals surface area contributed by atoms with Gasteiger partial charge in [-0.1, -0.05) is 27.7 Å². The van der Waals surface area contributed by atoms with E-state index in [4.69, 9.17) is 11.5 Å². The van der Waals surface area contributed by atoms with E-state index in [2.05, 4.69) is 0 Å². The minimum absolute atomic E-state index is 0.0507. The number of hydrogen-bond acceptors (Lipinski definition) is 6. The second-order valence-electron chi connectivity index (χ2n) is 8.30. The van der Waals surface area contributed by atoms with E-state index in [1.165, 1.54) is 12.1 Å². The normalized spacial score (nSPS) is 13.2. The van der Waals surface area contributed by atoms with E-state index >= 15 is 0 Å². The molecule has 2 aromatic carbocycles. The van der Waals surface area contributed by atoms with Crippen LogP contribution in [0.2, 0.25) is 0 Å². The molecular formula is C22H26N2O4. The molecular weight excluding hydrogens is 356 g/mol. The van der Waals surface area contributed by atoms with E-state index in [9.17, 15) is 19.8 Å². The van der Waals surface area contributed by atoms with Gasteiger partial charge in [-0.3, -0.25) is 9.59 Å². The Morgan fingerprint density at radius 2 is 1.04 bits per heavy atom. The van der Waals surface area contributed by atoms with Gasteiger partial charge in [-0.2, -0.15) is 0 Å². The topological polar surface area (TPSA) is 127 Å². The Morgan fingerprint density at radius 3 is 1.36 bits per heavy atom. The third-order valence-corrected chi connectivity index (χ3v) is 4.98. The van der Waals surface area contributed by atoms with Gasteiger partial charge in [0.1, 0.15) is 11.5 Å². The van der Waals surface area contributed by atoms with E-state index in [-0.39, 0.29) is 57.0 Å². The molecule has 0 aromatic heterocycles. The third-order valence-electron chi connectivity index (χ3n) is 4.98. The van der Waals surface area contributed by atoms with Gasteiger partial charge >= 0.3 is 0 Å². The number of carbonyl (C=O) groups is 2. The molecule has 0 heterocycles. The van der Waals surface area contributed by atoms with Crippen LogP contribution in [0.1, 0.15) is 70.7 Å². The number of ketones is 2. The van der Waals surface area contributed by atoms with Crippen LogP contribution in [0, 0.1) is 11.8 Å². The lowest BCUT2D eigenvalue weighted by molar-refractivity contribution is 0.0975. The summed E-state index contributed by atoms with van der Waals surface area (Å²) in [6.45, 7) is 7.90. The number of anilines is 2. The van der Waals surface area contributed by atoms with Gasteiger partial charge in [0.2, 0.25) is 5.78 Å². The Hall–Kier alpha value is -3.02. The van der Waals surface area contributed by atoms with Crippen molar-refractivity contribution in [3.8, 4) is 11.5 Å². The molecule has 0 amide bonds. The lowest BCUT2D eigenvalue weighted by Gasteiger charge is -2.25. The molecule has 0 aliphatic heterocycles. The maximum Gasteiger partial charge on any atom is 0.202 e. The van der Waals surface area contributed by atoms with Crippen LogP contribution in [-0.4, -0.2) is 21.8 Å². The molecule has 0 spiro atoms. The number of hydrogen-bond donors (Lipinski definition) is 4. The van der Waals surface area contributed by atoms with Gasteiger partial charge in [-0.15, -0.1) is 0 Å². The highest BCUT2D eigenvalue weighted by Gasteiger charge is 2.39. The fourth-order valence-electron chi connectivity index (χ4n) is 3.88. The zero-order chi connectivity index (χ0) is 20.9. The molecule has 148 valence electrons. The Balaban J connectivity index is 2.31. The Morgan fingerprint density at radius 1 is 0.714 bits per heavy atom. The predicted molar refractivity (Wildman–Crippen MR) is 109 cm³/mol. The average molecular weight is 382 g/mol. The van der Waals surface area contributed by atoms with Crippen molar-refractivity contribution < 1.29 is 19.8 Å². The monoisotopic (exact) mass is 382 g/mol. The number of nitrogens with two attached hydrogens (primary N) is 2. The number of fused-ring (bicyclic) bond motifs is 2. The first-order valence-corrected chi connectivity index (χ1v) is 9.42. The Labute approximate surface area is 164 Å². The number of aromatic hydroxyl groups is 2. The van der Waals surface area contributed by atoms with Gasteiger partial charge in [-0.25, -0.2) is 0 Å². The molecule has 0 atom stereocenters. The number of phenolic OH excluding ortho intramolecular Hbond substituents is 2. The number of phenols is 2. The van der Waals surface area contributed by atoms with Crippen LogP contribution in [0.4, 0.5) is 11.4 Å². The van der Waals surface area contributed by atoms with E-state index < -0.39 is 11.6 Å². The molecule has 0 saturated heterocycles. The van der Waals surface area contributed by atoms with Gasteiger partial charge in [-0.05, 0) is 47.9 Å². The van der Waals surface area contributed by atoms with Crippen LogP contribution in [0.3, 0.4) is 0 Å². The summed E-state index contributed by atoms with van der Waals surface area (Å²) >= 11 is 0. The van der Waals surface area contributed by atoms with Gasteiger partial charge < -0.3 is 21.7 Å². The molecule has 0 radical (unpaired) electrons. The lowest BCUT2D eigenvalue weighted by Crippen LogP contribution is -2.25. The maximum atomic E-state index is 13.3. The summed E-state index contributed by atoms with van der Waals surface area (Å²) in [5, 5.41) is 21.5. The second kappa shape index (κ2) is 6.86. The first-order chi connectivity index (χ1) is 13.0. The Kier molecular flexibility index (Phi) is 4.83. The summed E-state index contributed by atoms with van der Waals surface area (Å²) in [5.74, 6) is -1.27. The zero-order valence-corrected chi connectivity index (χ0v) is 16.6. The standard InChI is InChI=1S/C22H26N2O4/c1-9(2)5-11-7-13(23)15-17(19(11)25)22(28)18-16(21(15)27)14(24)8-12(20(18)26)6-10(3)4/h7-10,25-26H,5-6,23-24H2,1-4H3. The first kappa shape index (κ1) is 19.7. The molecule has 1 aliphatic carbocycles. The van der Waals surface area contributed by atoms with E-state index in [1.807, 2.05) is 27.7 Å². The van der Waals surface area contributed by atoms with Crippen molar-refractivity contribution in [2.75, 3.05) is 11.5 Å². The molecule has 6 heteroatoms. The summed E-state index contributed by atoms with van der Waals surface area (Å²) in [6, 6.07) is 3.07. The summed E-state index contributed by atoms with van der Waals surface area (Å²) in [7, 11) is 0. The fraction of sp³-hybridized carbons (Fsp3) is 0.364. The molecule has 0 fully saturated rings. The van der Waals surface area contributed by atoms with E-state index in [0.717, 1.165) is 0 Å². The van der Waals surface area contributed by atoms with Crippen LogP contribution in [0.15, 0.2) is 12.1 Å². The minimum atomic E-state index is -0.630. The molecule has 28 heavy (non-hydrogen) atoms. The third kappa shape index (κ3) is 2.99. The highest BCUT2D eigenvalue weighted by atomic mass is 16.3. The largest absolute Gasteiger partial charge is 0.507 e. The van der Waals surface area contributed by atoms with Crippen molar-refractivity contribution in [1.29, 1.82) is 0 Å². The lowest BCUT2D eigenvalue weighted by atomic mass is 9.78. The fourth-order valence-corrected chi connectivity index (χ4v) is 3.88. The summed E-state index contributed by atoms with van der Waals surface area (Å²) < 4.78 is 0. The smallest absolute Gasteiger partial charge is 0.202 e. The summed E-state index contributed by atoms with van der Waals surface area (Å²) in [6.07, 6.45) is 0.998. The van der Waals surface area contributed by atoms with Crippen LogP contribution in [-0.2, 0) is 12.8 Å². The average Bonchev–Trinajstić information content (AvgIpc) is 2.57. The first-order valence-electron chi connectivity index (χ1n) is 9.42. The van der Waals surface area contributed by atoms with Crippen molar-refractivity contribution in [1.82, 2.24) is 0 Å². The quantitative estimate of drug-likeness (QED) is 0.404. The second-order valence-corrected chi connectivity index (χ2v) is 8.30. The SMILES string of the molecule is CC(C)Cc1cc(N)c2c(c1O)C(=O)c1c(O)c(CC(C)C)cc(N)c1C2=O. The highest BCUT2D eigenvalue weighted by molar-refractivity contribution is 6.33. The molecule has 6 nitrogen and oxygen atoms in total. The number of carbonyl (C=O) groups excluding carboxylic acids is 2. The number of benzene rings is 2. The predicted octanol–water partition coefficient (Wildman–Crippen LogP) is 3.43. The molecule has 3 rings (SSSR count). The Bertz CT molecular complexity index is 929. The molecule has 2 aromatic rings. The van der Waals surface area contributed by atoms with Gasteiger partial charge in [0.25, 0.3) is 0 Å². The molecule has 6 N–H and O–H groups in total. The number of nitrogen functional groups attached to an aromatic ring is 2. The molecule has 0 bridgehead atoms. The maximum absolute atomic E-state index is 13.3. The van der Waals surface area contributed by atoms with E-state index in [0.29, 0.717) is 24.0 Å². The van der Waals surface area contributed by atoms with Crippen LogP contribution in [0.5, 0.6) is 11.5 Å². The number of rotatable bonds is 4. The molecule has 0 unspecified atom stereocenters. The van der Waals surface area contributed by atoms with Crippen LogP contribution < -0.4 is 11.5 Å². The minimum Gasteiger partial charge on any atom is -0.507 e. The van der Waals surface area contributed by atoms with Gasteiger partial charge in [0.15, 0.2) is 5.78 Å². The highest BCUT2D eigenvalue weighted by Crippen LogP contribution is 2.44. The summed E-state index contributed by atoms with van der Waals surface area (Å²) in [5.41, 5.74) is 13.0. The zero-order valence-electron chi connectivity index (χ0n) is 16.6. The van der Waals surface area contributed by atoms with Gasteiger partial charge in [0.05, 0.1) is 22.3 Å². The van der Waals surface area contributed by atoms with Gasteiger partial charge in [0, 0.05) is 11.4 Å². The van der Waals surface area contributed by atoms with Crippen molar-refractivity contribution in [3.63, 3.8) is 0 Å². The molecule has 1 aliphatic rings. The van der Waals surface area contributed by atoms with Crippen molar-refractivity contribution in [2.24, 2.45) is 11.8 Å².